The molecule has 0 unspecified atom stereocenters. The molecule has 0 bridgehead atoms. The van der Waals surface area contributed by atoms with E-state index in [9.17, 15) is 4.79 Å². The summed E-state index contributed by atoms with van der Waals surface area (Å²) in [5.41, 5.74) is 2.17. The van der Waals surface area contributed by atoms with Crippen LogP contribution in [0.25, 0.3) is 0 Å². The highest BCUT2D eigenvalue weighted by Gasteiger charge is 2.42. The number of benzene rings is 1. The Morgan fingerprint density at radius 1 is 1.21 bits per heavy atom. The second-order valence-electron chi connectivity index (χ2n) is 8.45. The van der Waals surface area contributed by atoms with Crippen LogP contribution < -0.4 is 15.4 Å². The summed E-state index contributed by atoms with van der Waals surface area (Å²) in [4.78, 5) is 12.3. The van der Waals surface area contributed by atoms with E-state index in [4.69, 9.17) is 16.3 Å². The number of nitrogens with one attached hydrogen (secondary N) is 1. The number of quaternary nitrogens is 1. The Hall–Kier alpha value is -1.26. The van der Waals surface area contributed by atoms with Crippen molar-refractivity contribution in [3.63, 3.8) is 0 Å². The van der Waals surface area contributed by atoms with Crippen LogP contribution in [0.5, 0.6) is 5.75 Å². The molecule has 0 saturated carbocycles. The smallest absolute Gasteiger partial charge is 0.258 e. The molecule has 1 fully saturated rings. The van der Waals surface area contributed by atoms with E-state index in [1.807, 2.05) is 26.0 Å². The molecule has 0 spiro atoms. The second-order valence-corrected chi connectivity index (χ2v) is 8.83. The van der Waals surface area contributed by atoms with Gasteiger partial charge in [-0.25, -0.2) is 0 Å². The zero-order valence-electron chi connectivity index (χ0n) is 15.6. The van der Waals surface area contributed by atoms with Gasteiger partial charge in [-0.15, -0.1) is 0 Å². The number of ether oxygens (including phenoxy) is 1. The molecule has 1 aliphatic heterocycles. The molecule has 1 saturated heterocycles. The first kappa shape index (κ1) is 19.1. The Bertz CT molecular complexity index is 587. The number of rotatable bonds is 4. The maximum Gasteiger partial charge on any atom is 0.258 e. The Kier molecular flexibility index (Phi) is 5.50. The normalized spacial score (nSPS) is 19.8. The molecule has 1 aliphatic rings. The maximum absolute atomic E-state index is 12.3. The molecule has 5 heteroatoms. The van der Waals surface area contributed by atoms with Crippen molar-refractivity contribution in [2.24, 2.45) is 0 Å². The van der Waals surface area contributed by atoms with Gasteiger partial charge in [-0.2, -0.15) is 0 Å². The van der Waals surface area contributed by atoms with Gasteiger partial charge in [0.05, 0.1) is 11.1 Å². The van der Waals surface area contributed by atoms with Gasteiger partial charge in [-0.3, -0.25) is 4.79 Å². The van der Waals surface area contributed by atoms with E-state index in [2.05, 4.69) is 38.3 Å². The van der Waals surface area contributed by atoms with Gasteiger partial charge in [0.2, 0.25) is 0 Å². The zero-order chi connectivity index (χ0) is 18.1. The fourth-order valence-electron chi connectivity index (χ4n) is 4.03. The van der Waals surface area contributed by atoms with E-state index < -0.39 is 0 Å². The van der Waals surface area contributed by atoms with E-state index in [0.717, 1.165) is 29.0 Å². The molecule has 0 aliphatic carbocycles. The number of carbonyl (C=O) groups excluding carboxylic acids is 1. The summed E-state index contributed by atoms with van der Waals surface area (Å²) in [6.07, 6.45) is 1.92. The molecular weight excluding hydrogens is 324 g/mol. The minimum atomic E-state index is -0.0706. The largest absolute Gasteiger partial charge is 0.484 e. The molecule has 1 amide bonds. The zero-order valence-corrected chi connectivity index (χ0v) is 16.4. The average molecular weight is 354 g/mol. The van der Waals surface area contributed by atoms with Crippen LogP contribution >= 0.6 is 11.6 Å². The van der Waals surface area contributed by atoms with Gasteiger partial charge in [0.15, 0.2) is 6.61 Å². The predicted molar refractivity (Wildman–Crippen MR) is 97.7 cm³/mol. The summed E-state index contributed by atoms with van der Waals surface area (Å²) in [6, 6.07) is 3.92. The van der Waals surface area contributed by atoms with Crippen LogP contribution in [0.4, 0.5) is 0 Å². The Labute approximate surface area is 150 Å². The maximum atomic E-state index is 12.3. The molecule has 2 rings (SSSR count). The standard InChI is InChI=1S/C19H29ClN2O2/c1-12-7-15(8-13(2)17(12)20)24-11-16(23)21-14-9-18(3,4)22-19(5,6)10-14/h7-8,14,22H,9-11H2,1-6H3,(H,21,23)/p+1. The van der Waals surface area contributed by atoms with Crippen molar-refractivity contribution in [1.29, 1.82) is 0 Å². The fourth-order valence-corrected chi connectivity index (χ4v) is 4.14. The number of hydrogen-bond acceptors (Lipinski definition) is 2. The third-order valence-electron chi connectivity index (χ3n) is 4.47. The SMILES string of the molecule is Cc1cc(OCC(=O)NC2CC(C)(C)[NH2+]C(C)(C)C2)cc(C)c1Cl. The monoisotopic (exact) mass is 353 g/mol. The van der Waals surface area contributed by atoms with Crippen molar-refractivity contribution in [3.8, 4) is 5.75 Å². The van der Waals surface area contributed by atoms with Gasteiger partial charge in [0.25, 0.3) is 5.91 Å². The molecule has 4 nitrogen and oxygen atoms in total. The van der Waals surface area contributed by atoms with Crippen LogP contribution in [0, 0.1) is 13.8 Å². The summed E-state index contributed by atoms with van der Waals surface area (Å²) >= 11 is 6.16. The predicted octanol–water partition coefficient (Wildman–Crippen LogP) is 2.73. The lowest BCUT2D eigenvalue weighted by atomic mass is 9.79. The highest BCUT2D eigenvalue weighted by Crippen LogP contribution is 2.26. The summed E-state index contributed by atoms with van der Waals surface area (Å²) < 4.78 is 5.65. The van der Waals surface area contributed by atoms with Gasteiger partial charge in [-0.1, -0.05) is 11.6 Å². The minimum absolute atomic E-state index is 0.0293. The number of halogens is 1. The van der Waals surface area contributed by atoms with Gasteiger partial charge in [0, 0.05) is 23.9 Å². The quantitative estimate of drug-likeness (QED) is 0.874. The molecule has 134 valence electrons. The van der Waals surface area contributed by atoms with Crippen LogP contribution in [-0.4, -0.2) is 29.6 Å². The molecule has 0 aromatic heterocycles. The van der Waals surface area contributed by atoms with Crippen molar-refractivity contribution in [2.45, 2.75) is 71.5 Å². The molecule has 24 heavy (non-hydrogen) atoms. The van der Waals surface area contributed by atoms with Crippen LogP contribution in [0.3, 0.4) is 0 Å². The van der Waals surface area contributed by atoms with Gasteiger partial charge in [0.1, 0.15) is 5.75 Å². The summed E-state index contributed by atoms with van der Waals surface area (Å²) in [7, 11) is 0. The van der Waals surface area contributed by atoms with Crippen LogP contribution in [0.15, 0.2) is 12.1 Å². The molecule has 3 N–H and O–H groups in total. The third kappa shape index (κ3) is 5.12. The minimum Gasteiger partial charge on any atom is -0.484 e. The lowest BCUT2D eigenvalue weighted by Gasteiger charge is -2.43. The molecule has 1 aromatic carbocycles. The van der Waals surface area contributed by atoms with E-state index in [1.165, 1.54) is 0 Å². The Balaban J connectivity index is 1.92. The number of nitrogens with two attached hydrogens (primary N) is 1. The molecule has 0 radical (unpaired) electrons. The first-order valence-corrected chi connectivity index (χ1v) is 8.91. The molecule has 1 heterocycles. The number of aryl methyl sites for hydroxylation is 2. The number of amides is 1. The highest BCUT2D eigenvalue weighted by atomic mass is 35.5. The summed E-state index contributed by atoms with van der Waals surface area (Å²) in [5, 5.41) is 6.28. The van der Waals surface area contributed by atoms with Crippen molar-refractivity contribution in [3.05, 3.63) is 28.3 Å². The van der Waals surface area contributed by atoms with Crippen LogP contribution in [-0.2, 0) is 4.79 Å². The first-order chi connectivity index (χ1) is 11.0. The highest BCUT2D eigenvalue weighted by molar-refractivity contribution is 6.32. The fraction of sp³-hybridized carbons (Fsp3) is 0.632. The van der Waals surface area contributed by atoms with E-state index in [-0.39, 0.29) is 29.6 Å². The van der Waals surface area contributed by atoms with E-state index >= 15 is 0 Å². The average Bonchev–Trinajstić information content (AvgIpc) is 2.38. The number of piperidine rings is 1. The second kappa shape index (κ2) is 6.93. The first-order valence-electron chi connectivity index (χ1n) is 8.53. The Morgan fingerprint density at radius 2 is 1.71 bits per heavy atom. The van der Waals surface area contributed by atoms with Crippen molar-refractivity contribution >= 4 is 17.5 Å². The Morgan fingerprint density at radius 3 is 2.21 bits per heavy atom. The van der Waals surface area contributed by atoms with E-state index in [1.54, 1.807) is 0 Å². The lowest BCUT2D eigenvalue weighted by molar-refractivity contribution is -0.787. The van der Waals surface area contributed by atoms with Crippen LogP contribution in [0.1, 0.15) is 51.7 Å². The lowest BCUT2D eigenvalue weighted by Crippen LogP contribution is -3.06. The van der Waals surface area contributed by atoms with Crippen molar-refractivity contribution in [1.82, 2.24) is 5.32 Å². The summed E-state index contributed by atoms with van der Waals surface area (Å²) in [5.74, 6) is 0.612. The molecule has 0 atom stereocenters. The van der Waals surface area contributed by atoms with Crippen LogP contribution in [0.2, 0.25) is 5.02 Å². The van der Waals surface area contributed by atoms with E-state index in [0.29, 0.717) is 5.75 Å². The summed E-state index contributed by atoms with van der Waals surface area (Å²) in [6.45, 7) is 12.8. The molecule has 1 aromatic rings. The molecular formula is C19H30ClN2O2+. The van der Waals surface area contributed by atoms with Gasteiger partial charge in [-0.05, 0) is 64.8 Å². The van der Waals surface area contributed by atoms with Crippen molar-refractivity contribution < 1.29 is 14.8 Å². The topological polar surface area (TPSA) is 54.9 Å². The number of hydrogen-bond donors (Lipinski definition) is 2. The third-order valence-corrected chi connectivity index (χ3v) is 5.07. The van der Waals surface area contributed by atoms with Gasteiger partial charge >= 0.3 is 0 Å². The van der Waals surface area contributed by atoms with Gasteiger partial charge < -0.3 is 15.4 Å². The van der Waals surface area contributed by atoms with Crippen molar-refractivity contribution in [2.75, 3.05) is 6.61 Å². The number of carbonyl (C=O) groups is 1.